The third-order valence-electron chi connectivity index (χ3n) is 4.82. The molecule has 1 aromatic heterocycles. The van der Waals surface area contributed by atoms with Crippen molar-refractivity contribution in [3.8, 4) is 11.5 Å². The molecule has 0 aliphatic carbocycles. The Bertz CT molecular complexity index is 1280. The Kier molecular flexibility index (Phi) is 6.97. The quantitative estimate of drug-likeness (QED) is 0.324. The number of rotatable bonds is 7. The Morgan fingerprint density at radius 1 is 0.848 bits per heavy atom. The molecule has 0 aliphatic heterocycles. The second-order valence-corrected chi connectivity index (χ2v) is 8.19. The number of carbonyl (C=O) groups is 2. The highest BCUT2D eigenvalue weighted by Gasteiger charge is 2.18. The number of aryl methyl sites for hydroxylation is 1. The van der Waals surface area contributed by atoms with Gasteiger partial charge in [0.2, 0.25) is 0 Å². The molecular formula is C27H22N2O3S. The average Bonchev–Trinajstić information content (AvgIpc) is 3.34. The van der Waals surface area contributed by atoms with E-state index in [0.29, 0.717) is 22.7 Å². The van der Waals surface area contributed by atoms with Gasteiger partial charge in [0.25, 0.3) is 11.8 Å². The fourth-order valence-corrected chi connectivity index (χ4v) is 3.81. The molecular weight excluding hydrogens is 432 g/mol. The van der Waals surface area contributed by atoms with Crippen LogP contribution in [-0.4, -0.2) is 11.8 Å². The molecule has 6 heteroatoms. The predicted octanol–water partition coefficient (Wildman–Crippen LogP) is 6.26. The minimum atomic E-state index is -0.450. The number of benzene rings is 3. The summed E-state index contributed by atoms with van der Waals surface area (Å²) in [5.74, 6) is 0.355. The number of para-hydroxylation sites is 3. The summed E-state index contributed by atoms with van der Waals surface area (Å²) in [6, 6.07) is 27.5. The van der Waals surface area contributed by atoms with Crippen molar-refractivity contribution < 1.29 is 14.3 Å². The first-order valence-electron chi connectivity index (χ1n) is 10.4. The van der Waals surface area contributed by atoms with E-state index in [1.54, 1.807) is 30.3 Å². The van der Waals surface area contributed by atoms with Crippen molar-refractivity contribution >= 4 is 34.9 Å². The summed E-state index contributed by atoms with van der Waals surface area (Å²) in [5.41, 5.74) is 1.97. The molecule has 164 valence electrons. The first kappa shape index (κ1) is 22.0. The molecule has 0 unspecified atom stereocenters. The lowest BCUT2D eigenvalue weighted by Crippen LogP contribution is -2.31. The zero-order chi connectivity index (χ0) is 23.0. The van der Waals surface area contributed by atoms with Crippen LogP contribution in [0.2, 0.25) is 0 Å². The topological polar surface area (TPSA) is 67.4 Å². The minimum absolute atomic E-state index is 0.139. The Labute approximate surface area is 196 Å². The maximum atomic E-state index is 13.3. The van der Waals surface area contributed by atoms with Gasteiger partial charge in [0.05, 0.1) is 5.69 Å². The molecule has 0 atom stereocenters. The Hall–Kier alpha value is -4.16. The highest BCUT2D eigenvalue weighted by atomic mass is 32.1. The molecule has 2 N–H and O–H groups in total. The number of carbonyl (C=O) groups excluding carboxylic acids is 2. The van der Waals surface area contributed by atoms with E-state index in [2.05, 4.69) is 10.6 Å². The third kappa shape index (κ3) is 5.75. The maximum absolute atomic E-state index is 13.3. The van der Waals surface area contributed by atoms with Crippen molar-refractivity contribution in [2.24, 2.45) is 0 Å². The van der Waals surface area contributed by atoms with Crippen molar-refractivity contribution in [1.82, 2.24) is 5.32 Å². The van der Waals surface area contributed by atoms with Crippen LogP contribution >= 0.6 is 11.3 Å². The number of hydrogen-bond acceptors (Lipinski definition) is 4. The molecule has 0 saturated heterocycles. The number of anilines is 1. The summed E-state index contributed by atoms with van der Waals surface area (Å²) in [5, 5.41) is 7.56. The van der Waals surface area contributed by atoms with Gasteiger partial charge in [-0.05, 0) is 60.3 Å². The molecule has 4 aromatic rings. The Morgan fingerprint density at radius 2 is 1.58 bits per heavy atom. The van der Waals surface area contributed by atoms with E-state index in [-0.39, 0.29) is 11.6 Å². The van der Waals surface area contributed by atoms with E-state index < -0.39 is 5.91 Å². The van der Waals surface area contributed by atoms with Gasteiger partial charge in [-0.2, -0.15) is 0 Å². The molecule has 0 aliphatic rings. The van der Waals surface area contributed by atoms with Gasteiger partial charge in [0.1, 0.15) is 11.4 Å². The Morgan fingerprint density at radius 3 is 2.33 bits per heavy atom. The number of amides is 2. The van der Waals surface area contributed by atoms with E-state index >= 15 is 0 Å². The van der Waals surface area contributed by atoms with Gasteiger partial charge in [-0.1, -0.05) is 54.6 Å². The van der Waals surface area contributed by atoms with E-state index in [9.17, 15) is 9.59 Å². The highest BCUT2D eigenvalue weighted by Crippen LogP contribution is 2.29. The normalized spacial score (nSPS) is 11.0. The summed E-state index contributed by atoms with van der Waals surface area (Å²) >= 11 is 1.47. The van der Waals surface area contributed by atoms with Gasteiger partial charge < -0.3 is 15.4 Å². The molecule has 0 bridgehead atoms. The molecule has 1 heterocycles. The lowest BCUT2D eigenvalue weighted by Gasteiger charge is -2.15. The molecule has 5 nitrogen and oxygen atoms in total. The highest BCUT2D eigenvalue weighted by molar-refractivity contribution is 7.10. The van der Waals surface area contributed by atoms with Crippen LogP contribution in [0.3, 0.4) is 0 Å². The van der Waals surface area contributed by atoms with Gasteiger partial charge in [-0.3, -0.25) is 9.59 Å². The molecule has 33 heavy (non-hydrogen) atoms. The van der Waals surface area contributed by atoms with Crippen molar-refractivity contribution in [3.05, 3.63) is 118 Å². The average molecular weight is 455 g/mol. The van der Waals surface area contributed by atoms with E-state index in [1.165, 1.54) is 11.3 Å². The second-order valence-electron chi connectivity index (χ2n) is 7.21. The monoisotopic (exact) mass is 454 g/mol. The van der Waals surface area contributed by atoms with Crippen LogP contribution in [0.4, 0.5) is 5.69 Å². The minimum Gasteiger partial charge on any atom is -0.455 e. The smallest absolute Gasteiger partial charge is 0.272 e. The van der Waals surface area contributed by atoms with Gasteiger partial charge >= 0.3 is 0 Å². The Balaban J connectivity index is 1.59. The first-order valence-corrected chi connectivity index (χ1v) is 11.2. The van der Waals surface area contributed by atoms with Gasteiger partial charge in [0.15, 0.2) is 5.75 Å². The van der Waals surface area contributed by atoms with E-state index in [1.807, 2.05) is 79.0 Å². The van der Waals surface area contributed by atoms with Gasteiger partial charge in [0, 0.05) is 10.4 Å². The molecule has 0 spiro atoms. The first-order chi connectivity index (χ1) is 16.1. The van der Waals surface area contributed by atoms with E-state index in [4.69, 9.17) is 4.74 Å². The summed E-state index contributed by atoms with van der Waals surface area (Å²) in [6.07, 6.45) is 1.66. The summed E-state index contributed by atoms with van der Waals surface area (Å²) < 4.78 is 5.94. The van der Waals surface area contributed by atoms with Crippen LogP contribution in [-0.2, 0) is 4.79 Å². The van der Waals surface area contributed by atoms with Crippen molar-refractivity contribution in [3.63, 3.8) is 0 Å². The zero-order valence-corrected chi connectivity index (χ0v) is 18.8. The maximum Gasteiger partial charge on any atom is 0.272 e. The number of nitrogens with one attached hydrogen (secondary N) is 2. The molecule has 0 saturated carbocycles. The molecule has 3 aromatic carbocycles. The predicted molar refractivity (Wildman–Crippen MR) is 133 cm³/mol. The second kappa shape index (κ2) is 10.4. The van der Waals surface area contributed by atoms with Crippen LogP contribution in [0.5, 0.6) is 11.5 Å². The van der Waals surface area contributed by atoms with E-state index in [0.717, 1.165) is 10.4 Å². The SMILES string of the molecule is Cc1ccccc1C(=O)N/C(=C\c1cccs1)C(=O)Nc1ccccc1Oc1ccccc1. The van der Waals surface area contributed by atoms with Gasteiger partial charge in [-0.25, -0.2) is 0 Å². The van der Waals surface area contributed by atoms with Crippen LogP contribution in [0.25, 0.3) is 6.08 Å². The third-order valence-corrected chi connectivity index (χ3v) is 5.64. The van der Waals surface area contributed by atoms with Crippen LogP contribution < -0.4 is 15.4 Å². The van der Waals surface area contributed by atoms with Crippen LogP contribution in [0, 0.1) is 6.92 Å². The van der Waals surface area contributed by atoms with Crippen molar-refractivity contribution in [1.29, 1.82) is 0 Å². The largest absolute Gasteiger partial charge is 0.455 e. The number of thiophene rings is 1. The van der Waals surface area contributed by atoms with Crippen molar-refractivity contribution in [2.45, 2.75) is 6.92 Å². The lowest BCUT2D eigenvalue weighted by atomic mass is 10.1. The lowest BCUT2D eigenvalue weighted by molar-refractivity contribution is -0.113. The summed E-state index contributed by atoms with van der Waals surface area (Å²) in [4.78, 5) is 27.0. The van der Waals surface area contributed by atoms with Crippen LogP contribution in [0.15, 0.2) is 102 Å². The fourth-order valence-electron chi connectivity index (χ4n) is 3.16. The van der Waals surface area contributed by atoms with Crippen molar-refractivity contribution in [2.75, 3.05) is 5.32 Å². The molecule has 0 fully saturated rings. The fraction of sp³-hybridized carbons (Fsp3) is 0.0370. The summed E-state index contributed by atoms with van der Waals surface area (Å²) in [7, 11) is 0. The molecule has 2 amide bonds. The molecule has 0 radical (unpaired) electrons. The summed E-state index contributed by atoms with van der Waals surface area (Å²) in [6.45, 7) is 1.86. The number of hydrogen-bond donors (Lipinski definition) is 2. The van der Waals surface area contributed by atoms with Crippen LogP contribution in [0.1, 0.15) is 20.8 Å². The molecule has 4 rings (SSSR count). The number of ether oxygens (including phenoxy) is 1. The van der Waals surface area contributed by atoms with Gasteiger partial charge in [-0.15, -0.1) is 11.3 Å². The standard InChI is InChI=1S/C27H22N2O3S/c1-19-10-5-6-14-22(19)26(30)29-24(18-21-13-9-17-33-21)27(31)28-23-15-7-8-16-25(23)32-20-11-3-2-4-12-20/h2-18H,1H3,(H,28,31)(H,29,30)/b24-18-. The zero-order valence-electron chi connectivity index (χ0n) is 17.9.